The van der Waals surface area contributed by atoms with Crippen LogP contribution < -0.4 is 5.73 Å². The van der Waals surface area contributed by atoms with Gasteiger partial charge in [-0.1, -0.05) is 42.1 Å². The van der Waals surface area contributed by atoms with Crippen LogP contribution in [0.2, 0.25) is 0 Å². The summed E-state index contributed by atoms with van der Waals surface area (Å²) >= 11 is 1.54. The average Bonchev–Trinajstić information content (AvgIpc) is 2.91. The van der Waals surface area contributed by atoms with Gasteiger partial charge in [0.1, 0.15) is 11.7 Å². The fourth-order valence-electron chi connectivity index (χ4n) is 2.32. The summed E-state index contributed by atoms with van der Waals surface area (Å²) in [6, 6.07) is 10.2. The molecule has 1 atom stereocenters. The predicted octanol–water partition coefficient (Wildman–Crippen LogP) is 3.10. The Bertz CT molecular complexity index is 788. The maximum absolute atomic E-state index is 13.3. The number of alkyl halides is 1. The molecule has 3 aromatic rings. The summed E-state index contributed by atoms with van der Waals surface area (Å²) in [6.45, 7) is 1.72. The number of nitrogen functional groups attached to an aromatic ring is 1. The van der Waals surface area contributed by atoms with E-state index < -0.39 is 6.17 Å². The van der Waals surface area contributed by atoms with Gasteiger partial charge >= 0.3 is 0 Å². The van der Waals surface area contributed by atoms with Crippen LogP contribution in [0.3, 0.4) is 0 Å². The highest BCUT2D eigenvalue weighted by molar-refractivity contribution is 7.99. The standard InChI is InChI=1S/C16H18FN5S/c1-11(17)9-22-10-19-13-14(18)20-16(21-15(13)22)23-8-7-12-5-3-2-4-6-12/h2-6,10-11H,7-9H2,1H3,(H2,18,20,21). The van der Waals surface area contributed by atoms with Crippen LogP contribution in [0.25, 0.3) is 11.2 Å². The van der Waals surface area contributed by atoms with Gasteiger partial charge in [0.2, 0.25) is 0 Å². The van der Waals surface area contributed by atoms with Gasteiger partial charge in [-0.25, -0.2) is 19.3 Å². The minimum atomic E-state index is -0.974. The lowest BCUT2D eigenvalue weighted by Gasteiger charge is -2.06. The zero-order valence-corrected chi connectivity index (χ0v) is 13.6. The number of nitrogens with zero attached hydrogens (tertiary/aromatic N) is 4. The highest BCUT2D eigenvalue weighted by Crippen LogP contribution is 2.22. The quantitative estimate of drug-likeness (QED) is 0.555. The number of nitrogens with two attached hydrogens (primary N) is 1. The van der Waals surface area contributed by atoms with Gasteiger partial charge in [-0.05, 0) is 18.9 Å². The van der Waals surface area contributed by atoms with E-state index in [1.807, 2.05) is 18.2 Å². The first-order valence-electron chi connectivity index (χ1n) is 7.42. The molecule has 0 amide bonds. The van der Waals surface area contributed by atoms with Gasteiger partial charge in [-0.15, -0.1) is 0 Å². The van der Waals surface area contributed by atoms with E-state index >= 15 is 0 Å². The van der Waals surface area contributed by atoms with Crippen molar-refractivity contribution < 1.29 is 4.39 Å². The second-order valence-corrected chi connectivity index (χ2v) is 6.39. The van der Waals surface area contributed by atoms with Crippen molar-refractivity contribution in [2.45, 2.75) is 31.2 Å². The summed E-state index contributed by atoms with van der Waals surface area (Å²) in [5.74, 6) is 1.19. The lowest BCUT2D eigenvalue weighted by Crippen LogP contribution is -2.08. The lowest BCUT2D eigenvalue weighted by molar-refractivity contribution is 0.323. The molecule has 23 heavy (non-hydrogen) atoms. The summed E-state index contributed by atoms with van der Waals surface area (Å²) in [7, 11) is 0. The number of benzene rings is 1. The van der Waals surface area contributed by atoms with Crippen LogP contribution in [0, 0.1) is 0 Å². The Morgan fingerprint density at radius 3 is 2.78 bits per heavy atom. The van der Waals surface area contributed by atoms with Crippen molar-refractivity contribution in [1.82, 2.24) is 19.5 Å². The van der Waals surface area contributed by atoms with Gasteiger partial charge in [-0.3, -0.25) is 0 Å². The molecular weight excluding hydrogens is 313 g/mol. The average molecular weight is 331 g/mol. The van der Waals surface area contributed by atoms with Crippen LogP contribution >= 0.6 is 11.8 Å². The van der Waals surface area contributed by atoms with Gasteiger partial charge in [-0.2, -0.15) is 0 Å². The van der Waals surface area contributed by atoms with Gasteiger partial charge in [0.05, 0.1) is 12.9 Å². The summed E-state index contributed by atoms with van der Waals surface area (Å²) in [5.41, 5.74) is 8.33. The zero-order chi connectivity index (χ0) is 16.2. The van der Waals surface area contributed by atoms with Crippen LogP contribution in [0.15, 0.2) is 41.8 Å². The third-order valence-corrected chi connectivity index (χ3v) is 4.23. The fraction of sp³-hybridized carbons (Fsp3) is 0.312. The normalized spacial score (nSPS) is 12.6. The number of rotatable bonds is 6. The first-order valence-corrected chi connectivity index (χ1v) is 8.41. The molecule has 0 fully saturated rings. The Morgan fingerprint density at radius 1 is 1.26 bits per heavy atom. The molecule has 7 heteroatoms. The predicted molar refractivity (Wildman–Crippen MR) is 91.2 cm³/mol. The van der Waals surface area contributed by atoms with E-state index in [2.05, 4.69) is 27.1 Å². The van der Waals surface area contributed by atoms with Crippen LogP contribution in [0.5, 0.6) is 0 Å². The van der Waals surface area contributed by atoms with Crippen LogP contribution in [0.4, 0.5) is 10.2 Å². The van der Waals surface area contributed by atoms with Gasteiger partial charge in [0.15, 0.2) is 16.6 Å². The van der Waals surface area contributed by atoms with Gasteiger partial charge < -0.3 is 10.3 Å². The maximum atomic E-state index is 13.3. The van der Waals surface area contributed by atoms with Crippen molar-refractivity contribution in [2.24, 2.45) is 0 Å². The number of anilines is 1. The Morgan fingerprint density at radius 2 is 2.04 bits per heavy atom. The van der Waals surface area contributed by atoms with E-state index in [-0.39, 0.29) is 6.54 Å². The summed E-state index contributed by atoms with van der Waals surface area (Å²) in [6.07, 6.45) is 1.51. The number of hydrogen-bond acceptors (Lipinski definition) is 5. The van der Waals surface area contributed by atoms with Crippen LogP contribution in [0.1, 0.15) is 12.5 Å². The number of hydrogen-bond donors (Lipinski definition) is 1. The van der Waals surface area contributed by atoms with Gasteiger partial charge in [0, 0.05) is 5.75 Å². The fourth-order valence-corrected chi connectivity index (χ4v) is 3.15. The molecule has 0 spiro atoms. The molecule has 2 N–H and O–H groups in total. The number of aryl methyl sites for hydroxylation is 1. The molecule has 0 bridgehead atoms. The van der Waals surface area contributed by atoms with E-state index in [9.17, 15) is 4.39 Å². The third kappa shape index (κ3) is 3.79. The molecule has 2 aromatic heterocycles. The van der Waals surface area contributed by atoms with E-state index in [0.717, 1.165) is 12.2 Å². The Balaban J connectivity index is 1.75. The topological polar surface area (TPSA) is 69.6 Å². The molecule has 0 saturated carbocycles. The highest BCUT2D eigenvalue weighted by Gasteiger charge is 2.13. The molecule has 0 aliphatic heterocycles. The summed E-state index contributed by atoms with van der Waals surface area (Å²) in [5, 5.41) is 0.596. The molecular formula is C16H18FN5S. The molecule has 0 aliphatic rings. The Hall–Kier alpha value is -2.15. The molecule has 1 aromatic carbocycles. The number of imidazole rings is 1. The molecule has 1 unspecified atom stereocenters. The first-order chi connectivity index (χ1) is 11.1. The first kappa shape index (κ1) is 15.7. The second kappa shape index (κ2) is 6.95. The van der Waals surface area contributed by atoms with Crippen molar-refractivity contribution in [1.29, 1.82) is 0 Å². The van der Waals surface area contributed by atoms with E-state index in [1.54, 1.807) is 10.9 Å². The zero-order valence-electron chi connectivity index (χ0n) is 12.8. The number of aromatic nitrogens is 4. The minimum absolute atomic E-state index is 0.209. The molecule has 0 saturated heterocycles. The summed E-state index contributed by atoms with van der Waals surface area (Å²) in [4.78, 5) is 12.9. The van der Waals surface area contributed by atoms with E-state index in [4.69, 9.17) is 5.73 Å². The smallest absolute Gasteiger partial charge is 0.191 e. The third-order valence-electron chi connectivity index (χ3n) is 3.38. The monoisotopic (exact) mass is 331 g/mol. The molecule has 2 heterocycles. The Kier molecular flexibility index (Phi) is 4.76. The lowest BCUT2D eigenvalue weighted by atomic mass is 10.2. The maximum Gasteiger partial charge on any atom is 0.191 e. The van der Waals surface area contributed by atoms with E-state index in [0.29, 0.717) is 22.1 Å². The second-order valence-electron chi connectivity index (χ2n) is 5.33. The Labute approximate surface area is 138 Å². The van der Waals surface area contributed by atoms with E-state index in [1.165, 1.54) is 24.2 Å². The van der Waals surface area contributed by atoms with Crippen LogP contribution in [-0.2, 0) is 13.0 Å². The minimum Gasteiger partial charge on any atom is -0.382 e. The number of halogens is 1. The molecule has 0 aliphatic carbocycles. The molecule has 5 nitrogen and oxygen atoms in total. The molecule has 120 valence electrons. The van der Waals surface area contributed by atoms with Crippen molar-refractivity contribution in [3.05, 3.63) is 42.2 Å². The number of fused-ring (bicyclic) bond motifs is 1. The molecule has 3 rings (SSSR count). The van der Waals surface area contributed by atoms with Crippen molar-refractivity contribution in [3.63, 3.8) is 0 Å². The highest BCUT2D eigenvalue weighted by atomic mass is 32.2. The van der Waals surface area contributed by atoms with Crippen LogP contribution in [-0.4, -0.2) is 31.4 Å². The molecule has 0 radical (unpaired) electrons. The van der Waals surface area contributed by atoms with Crippen molar-refractivity contribution in [3.8, 4) is 0 Å². The SMILES string of the molecule is CC(F)Cn1cnc2c(N)nc(SCCc3ccccc3)nc21. The largest absolute Gasteiger partial charge is 0.382 e. The van der Waals surface area contributed by atoms with Gasteiger partial charge in [0.25, 0.3) is 0 Å². The van der Waals surface area contributed by atoms with Crippen molar-refractivity contribution >= 4 is 28.7 Å². The number of thioether (sulfide) groups is 1. The summed E-state index contributed by atoms with van der Waals surface area (Å²) < 4.78 is 14.9. The van der Waals surface area contributed by atoms with Crippen molar-refractivity contribution in [2.75, 3.05) is 11.5 Å².